The predicted molar refractivity (Wildman–Crippen MR) is 61.7 cm³/mol. The highest BCUT2D eigenvalue weighted by atomic mass is 32.1. The molecule has 0 aromatic carbocycles. The minimum atomic E-state index is -0.0893. The molecule has 2 aromatic rings. The smallest absolute Gasteiger partial charge is 0.264 e. The molecule has 1 atom stereocenters. The van der Waals surface area contributed by atoms with E-state index in [9.17, 15) is 4.79 Å². The minimum absolute atomic E-state index is 0.0893. The first kappa shape index (κ1) is 10.4. The lowest BCUT2D eigenvalue weighted by Gasteiger charge is -2.24. The molecule has 1 amide bonds. The molecule has 17 heavy (non-hydrogen) atoms. The summed E-state index contributed by atoms with van der Waals surface area (Å²) in [5.74, 6) is 1.00. The van der Waals surface area contributed by atoms with Crippen molar-refractivity contribution in [3.05, 3.63) is 29.3 Å². The van der Waals surface area contributed by atoms with E-state index >= 15 is 0 Å². The molecule has 3 rings (SSSR count). The first-order valence-electron chi connectivity index (χ1n) is 5.41. The third-order valence-electron chi connectivity index (χ3n) is 2.86. The summed E-state index contributed by atoms with van der Waals surface area (Å²) in [6, 6.07) is 0.159. The van der Waals surface area contributed by atoms with Gasteiger partial charge in [0.05, 0.1) is 6.20 Å². The Hall–Kier alpha value is -1.76. The van der Waals surface area contributed by atoms with Gasteiger partial charge in [-0.2, -0.15) is 0 Å². The van der Waals surface area contributed by atoms with E-state index in [2.05, 4.69) is 24.5 Å². The fraction of sp³-hybridized carbons (Fsp3) is 0.400. The van der Waals surface area contributed by atoms with Gasteiger partial charge in [-0.3, -0.25) is 4.79 Å². The monoisotopic (exact) mass is 249 g/mol. The molecule has 0 spiro atoms. The summed E-state index contributed by atoms with van der Waals surface area (Å²) in [5, 5.41) is 6.65. The van der Waals surface area contributed by atoms with Gasteiger partial charge in [0.25, 0.3) is 5.91 Å². The number of rotatable bonds is 2. The van der Waals surface area contributed by atoms with Crippen LogP contribution in [0.5, 0.6) is 0 Å². The number of aryl methyl sites for hydroxylation is 1. The lowest BCUT2D eigenvalue weighted by molar-refractivity contribution is 0.0931. The number of hydrogen-bond donors (Lipinski definition) is 1. The van der Waals surface area contributed by atoms with E-state index in [1.807, 2.05) is 6.20 Å². The topological polar surface area (TPSA) is 72.7 Å². The van der Waals surface area contributed by atoms with Gasteiger partial charge < -0.3 is 9.88 Å². The van der Waals surface area contributed by atoms with Gasteiger partial charge in [-0.1, -0.05) is 4.49 Å². The Morgan fingerprint density at radius 1 is 1.59 bits per heavy atom. The number of aromatic nitrogens is 4. The quantitative estimate of drug-likeness (QED) is 0.840. The summed E-state index contributed by atoms with van der Waals surface area (Å²) in [7, 11) is 0. The van der Waals surface area contributed by atoms with Crippen LogP contribution in [0.1, 0.15) is 21.9 Å². The first-order chi connectivity index (χ1) is 8.33. The van der Waals surface area contributed by atoms with Crippen LogP contribution in [0.4, 0.5) is 0 Å². The molecule has 0 unspecified atom stereocenters. The molecule has 1 aliphatic rings. The number of hydrogen-bond acceptors (Lipinski definition) is 5. The molecule has 0 radical (unpaired) electrons. The molecule has 0 saturated heterocycles. The zero-order valence-corrected chi connectivity index (χ0v) is 9.85. The second-order valence-electron chi connectivity index (χ2n) is 3.99. The van der Waals surface area contributed by atoms with E-state index in [0.717, 1.165) is 36.7 Å². The van der Waals surface area contributed by atoms with E-state index in [-0.39, 0.29) is 11.9 Å². The lowest BCUT2D eigenvalue weighted by atomic mass is 10.1. The molecule has 2 aromatic heterocycles. The summed E-state index contributed by atoms with van der Waals surface area (Å²) in [6.45, 7) is 0.785. The minimum Gasteiger partial charge on any atom is -0.347 e. The van der Waals surface area contributed by atoms with Crippen molar-refractivity contribution in [1.29, 1.82) is 0 Å². The summed E-state index contributed by atoms with van der Waals surface area (Å²) < 4.78 is 5.76. The summed E-state index contributed by atoms with van der Waals surface area (Å²) in [4.78, 5) is 16.6. The van der Waals surface area contributed by atoms with Crippen molar-refractivity contribution in [2.75, 3.05) is 0 Å². The Bertz CT molecular complexity index is 521. The van der Waals surface area contributed by atoms with Gasteiger partial charge in [0, 0.05) is 31.4 Å². The van der Waals surface area contributed by atoms with Crippen molar-refractivity contribution < 1.29 is 4.79 Å². The molecule has 3 heterocycles. The molecule has 0 bridgehead atoms. The second kappa shape index (κ2) is 4.25. The van der Waals surface area contributed by atoms with E-state index in [1.165, 1.54) is 6.20 Å². The standard InChI is InChI=1S/C10H11N5OS/c16-10(8-5-12-14-17-8)13-7-1-2-9-11-3-4-15(9)6-7/h3-5,7H,1-2,6H2,(H,13,16)/t7-/m1/s1. The molecule has 0 aliphatic carbocycles. The summed E-state index contributed by atoms with van der Waals surface area (Å²) >= 11 is 1.11. The molecule has 1 aliphatic heterocycles. The molecule has 88 valence electrons. The third-order valence-corrected chi connectivity index (χ3v) is 3.52. The Morgan fingerprint density at radius 2 is 2.53 bits per heavy atom. The van der Waals surface area contributed by atoms with Gasteiger partial charge in [0.2, 0.25) is 0 Å². The molecule has 0 saturated carbocycles. The molecule has 7 heteroatoms. The normalized spacial score (nSPS) is 18.7. The van der Waals surface area contributed by atoms with Gasteiger partial charge >= 0.3 is 0 Å². The second-order valence-corrected chi connectivity index (χ2v) is 4.77. The maximum Gasteiger partial charge on any atom is 0.264 e. The van der Waals surface area contributed by atoms with Gasteiger partial charge in [0.1, 0.15) is 10.7 Å². The maximum atomic E-state index is 11.8. The third kappa shape index (κ3) is 2.05. The lowest BCUT2D eigenvalue weighted by Crippen LogP contribution is -2.40. The fourth-order valence-corrected chi connectivity index (χ4v) is 2.43. The van der Waals surface area contributed by atoms with Crippen LogP contribution < -0.4 is 5.32 Å². The van der Waals surface area contributed by atoms with E-state index in [4.69, 9.17) is 0 Å². The predicted octanol–water partition coefficient (Wildman–Crippen LogP) is 0.479. The zero-order valence-electron chi connectivity index (χ0n) is 9.04. The van der Waals surface area contributed by atoms with Crippen LogP contribution in [-0.2, 0) is 13.0 Å². The number of amides is 1. The number of carbonyl (C=O) groups is 1. The van der Waals surface area contributed by atoms with Crippen LogP contribution in [0.25, 0.3) is 0 Å². The van der Waals surface area contributed by atoms with Crippen molar-refractivity contribution in [3.63, 3.8) is 0 Å². The molecule has 6 nitrogen and oxygen atoms in total. The number of fused-ring (bicyclic) bond motifs is 1. The highest BCUT2D eigenvalue weighted by Crippen LogP contribution is 2.13. The van der Waals surface area contributed by atoms with Crippen LogP contribution in [0.15, 0.2) is 18.6 Å². The number of nitrogens with one attached hydrogen (secondary N) is 1. The fourth-order valence-electron chi connectivity index (χ4n) is 2.01. The largest absolute Gasteiger partial charge is 0.347 e. The van der Waals surface area contributed by atoms with Gasteiger partial charge in [-0.05, 0) is 18.0 Å². The molecule has 0 fully saturated rings. The Kier molecular flexibility index (Phi) is 2.60. The Balaban J connectivity index is 1.66. The maximum absolute atomic E-state index is 11.8. The summed E-state index contributed by atoms with van der Waals surface area (Å²) in [6.07, 6.45) is 7.06. The molecular formula is C10H11N5OS. The molecule has 1 N–H and O–H groups in total. The van der Waals surface area contributed by atoms with Crippen LogP contribution >= 0.6 is 11.5 Å². The van der Waals surface area contributed by atoms with Crippen molar-refractivity contribution >= 4 is 17.4 Å². The van der Waals surface area contributed by atoms with Crippen molar-refractivity contribution in [2.45, 2.75) is 25.4 Å². The Morgan fingerprint density at radius 3 is 3.35 bits per heavy atom. The van der Waals surface area contributed by atoms with Gasteiger partial charge in [-0.15, -0.1) is 5.10 Å². The summed E-state index contributed by atoms with van der Waals surface area (Å²) in [5.41, 5.74) is 0. The van der Waals surface area contributed by atoms with Crippen LogP contribution in [0.2, 0.25) is 0 Å². The van der Waals surface area contributed by atoms with Crippen molar-refractivity contribution in [3.8, 4) is 0 Å². The SMILES string of the molecule is O=C(N[C@@H]1CCc2nccn2C1)c1cnns1. The van der Waals surface area contributed by atoms with Gasteiger partial charge in [-0.25, -0.2) is 4.98 Å². The highest BCUT2D eigenvalue weighted by Gasteiger charge is 2.21. The zero-order chi connectivity index (χ0) is 11.7. The van der Waals surface area contributed by atoms with Crippen molar-refractivity contribution in [1.82, 2.24) is 24.5 Å². The molecular weight excluding hydrogens is 238 g/mol. The number of carbonyl (C=O) groups excluding carboxylic acids is 1. The number of nitrogens with zero attached hydrogens (tertiary/aromatic N) is 4. The van der Waals surface area contributed by atoms with E-state index in [1.54, 1.807) is 6.20 Å². The Labute approximate surface area is 102 Å². The average molecular weight is 249 g/mol. The van der Waals surface area contributed by atoms with Crippen molar-refractivity contribution in [2.24, 2.45) is 0 Å². The van der Waals surface area contributed by atoms with Gasteiger partial charge in [0.15, 0.2) is 0 Å². The van der Waals surface area contributed by atoms with Crippen LogP contribution in [-0.4, -0.2) is 31.1 Å². The first-order valence-corrected chi connectivity index (χ1v) is 6.18. The van der Waals surface area contributed by atoms with Crippen LogP contribution in [0.3, 0.4) is 0 Å². The van der Waals surface area contributed by atoms with Crippen LogP contribution in [0, 0.1) is 0 Å². The number of imidazole rings is 1. The average Bonchev–Trinajstić information content (AvgIpc) is 2.99. The van der Waals surface area contributed by atoms with E-state index in [0.29, 0.717) is 4.88 Å². The van der Waals surface area contributed by atoms with E-state index < -0.39 is 0 Å². The highest BCUT2D eigenvalue weighted by molar-refractivity contribution is 7.07.